The minimum Gasteiger partial charge on any atom is -0.350 e. The SMILES string of the molecule is CC(NC(=O)CCCCCCN)c1ccc2ccccc2c1. The summed E-state index contributed by atoms with van der Waals surface area (Å²) in [5.74, 6) is 0.133. The van der Waals surface area contributed by atoms with Crippen molar-refractivity contribution in [1.29, 1.82) is 0 Å². The molecule has 0 aromatic heterocycles. The minimum absolute atomic E-state index is 0.0427. The molecule has 0 aliphatic carbocycles. The van der Waals surface area contributed by atoms with Crippen LogP contribution in [0.15, 0.2) is 42.5 Å². The number of fused-ring (bicyclic) bond motifs is 1. The fourth-order valence-corrected chi connectivity index (χ4v) is 2.66. The Kier molecular flexibility index (Phi) is 6.41. The van der Waals surface area contributed by atoms with Gasteiger partial charge in [0.1, 0.15) is 0 Å². The number of amides is 1. The molecule has 2 aromatic rings. The van der Waals surface area contributed by atoms with Gasteiger partial charge in [-0.2, -0.15) is 0 Å². The van der Waals surface area contributed by atoms with E-state index in [2.05, 4.69) is 35.6 Å². The number of hydrogen-bond acceptors (Lipinski definition) is 2. The normalized spacial score (nSPS) is 12.3. The van der Waals surface area contributed by atoms with Crippen LogP contribution >= 0.6 is 0 Å². The van der Waals surface area contributed by atoms with Gasteiger partial charge in [0.05, 0.1) is 6.04 Å². The van der Waals surface area contributed by atoms with Gasteiger partial charge in [-0.3, -0.25) is 4.79 Å². The van der Waals surface area contributed by atoms with Gasteiger partial charge in [0.2, 0.25) is 5.91 Å². The third-order valence-electron chi connectivity index (χ3n) is 4.01. The van der Waals surface area contributed by atoms with Crippen molar-refractivity contribution in [1.82, 2.24) is 5.32 Å². The molecule has 1 atom stereocenters. The number of nitrogens with one attached hydrogen (secondary N) is 1. The van der Waals surface area contributed by atoms with E-state index in [4.69, 9.17) is 5.73 Å². The molecule has 2 rings (SSSR count). The van der Waals surface area contributed by atoms with Crippen LogP contribution in [0.3, 0.4) is 0 Å². The maximum Gasteiger partial charge on any atom is 0.220 e. The highest BCUT2D eigenvalue weighted by atomic mass is 16.1. The van der Waals surface area contributed by atoms with Gasteiger partial charge in [0.15, 0.2) is 0 Å². The van der Waals surface area contributed by atoms with Crippen LogP contribution < -0.4 is 11.1 Å². The highest BCUT2D eigenvalue weighted by molar-refractivity contribution is 5.83. The fourth-order valence-electron chi connectivity index (χ4n) is 2.66. The number of benzene rings is 2. The van der Waals surface area contributed by atoms with Crippen LogP contribution in [0, 0.1) is 0 Å². The number of nitrogens with two attached hydrogens (primary N) is 1. The Balaban J connectivity index is 1.84. The lowest BCUT2D eigenvalue weighted by Gasteiger charge is -2.15. The first kappa shape index (κ1) is 16.5. The number of rotatable bonds is 8. The van der Waals surface area contributed by atoms with Crippen LogP contribution in [-0.4, -0.2) is 12.5 Å². The molecule has 0 saturated carbocycles. The minimum atomic E-state index is 0.0427. The number of carbonyl (C=O) groups is 1. The van der Waals surface area contributed by atoms with E-state index in [0.29, 0.717) is 6.42 Å². The molecule has 0 saturated heterocycles. The zero-order chi connectivity index (χ0) is 15.8. The molecule has 0 fully saturated rings. The van der Waals surface area contributed by atoms with Crippen molar-refractivity contribution in [3.63, 3.8) is 0 Å². The Bertz CT molecular complexity index is 609. The van der Waals surface area contributed by atoms with E-state index in [0.717, 1.165) is 37.8 Å². The summed E-state index contributed by atoms with van der Waals surface area (Å²) in [6, 6.07) is 14.7. The van der Waals surface area contributed by atoms with E-state index in [1.54, 1.807) is 0 Å². The Morgan fingerprint density at radius 1 is 1.05 bits per heavy atom. The van der Waals surface area contributed by atoms with Crippen molar-refractivity contribution >= 4 is 16.7 Å². The fraction of sp³-hybridized carbons (Fsp3) is 0.421. The predicted octanol–water partition coefficient (Wildman–Crippen LogP) is 3.93. The molecule has 0 aliphatic heterocycles. The molecule has 0 bridgehead atoms. The zero-order valence-electron chi connectivity index (χ0n) is 13.3. The van der Waals surface area contributed by atoms with E-state index in [9.17, 15) is 4.79 Å². The summed E-state index contributed by atoms with van der Waals surface area (Å²) >= 11 is 0. The lowest BCUT2D eigenvalue weighted by atomic mass is 10.0. The van der Waals surface area contributed by atoms with Gasteiger partial charge in [-0.1, -0.05) is 49.2 Å². The molecule has 3 N–H and O–H groups in total. The molecule has 3 nitrogen and oxygen atoms in total. The summed E-state index contributed by atoms with van der Waals surface area (Å²) in [6.07, 6.45) is 4.78. The monoisotopic (exact) mass is 298 g/mol. The van der Waals surface area contributed by atoms with Crippen LogP contribution in [-0.2, 0) is 4.79 Å². The lowest BCUT2D eigenvalue weighted by molar-refractivity contribution is -0.121. The average Bonchev–Trinajstić information content (AvgIpc) is 2.54. The lowest BCUT2D eigenvalue weighted by Crippen LogP contribution is -2.26. The zero-order valence-corrected chi connectivity index (χ0v) is 13.3. The molecule has 0 aliphatic rings. The second kappa shape index (κ2) is 8.54. The van der Waals surface area contributed by atoms with Crippen LogP contribution in [0.2, 0.25) is 0 Å². The molecular weight excluding hydrogens is 272 g/mol. The number of hydrogen-bond donors (Lipinski definition) is 2. The summed E-state index contributed by atoms with van der Waals surface area (Å²) in [6.45, 7) is 2.78. The molecular formula is C19H26N2O. The Labute approximate surface area is 132 Å². The second-order valence-electron chi connectivity index (χ2n) is 5.85. The summed E-state index contributed by atoms with van der Waals surface area (Å²) in [5, 5.41) is 5.53. The van der Waals surface area contributed by atoms with E-state index in [1.807, 2.05) is 19.1 Å². The Morgan fingerprint density at radius 3 is 2.55 bits per heavy atom. The third-order valence-corrected chi connectivity index (χ3v) is 4.01. The van der Waals surface area contributed by atoms with Crippen molar-refractivity contribution in [3.8, 4) is 0 Å². The van der Waals surface area contributed by atoms with Gasteiger partial charge in [0, 0.05) is 6.42 Å². The maximum absolute atomic E-state index is 12.0. The van der Waals surface area contributed by atoms with E-state index in [-0.39, 0.29) is 11.9 Å². The average molecular weight is 298 g/mol. The van der Waals surface area contributed by atoms with E-state index < -0.39 is 0 Å². The summed E-state index contributed by atoms with van der Waals surface area (Å²) in [5.41, 5.74) is 6.61. The van der Waals surface area contributed by atoms with Crippen molar-refractivity contribution in [2.45, 2.75) is 45.1 Å². The molecule has 3 heteroatoms. The molecule has 0 radical (unpaired) electrons. The van der Waals surface area contributed by atoms with Crippen molar-refractivity contribution in [2.24, 2.45) is 5.73 Å². The maximum atomic E-state index is 12.0. The van der Waals surface area contributed by atoms with Crippen LogP contribution in [0.4, 0.5) is 0 Å². The summed E-state index contributed by atoms with van der Waals surface area (Å²) < 4.78 is 0. The van der Waals surface area contributed by atoms with Crippen molar-refractivity contribution in [3.05, 3.63) is 48.0 Å². The van der Waals surface area contributed by atoms with Crippen LogP contribution in [0.25, 0.3) is 10.8 Å². The molecule has 22 heavy (non-hydrogen) atoms. The van der Waals surface area contributed by atoms with Crippen molar-refractivity contribution in [2.75, 3.05) is 6.54 Å². The number of unbranched alkanes of at least 4 members (excludes halogenated alkanes) is 3. The molecule has 0 heterocycles. The Hall–Kier alpha value is -1.87. The van der Waals surface area contributed by atoms with E-state index >= 15 is 0 Å². The van der Waals surface area contributed by atoms with Gasteiger partial charge in [-0.05, 0) is 48.7 Å². The standard InChI is InChI=1S/C19H26N2O/c1-15(21-19(22)10-4-2-3-7-13-20)17-12-11-16-8-5-6-9-18(16)14-17/h5-6,8-9,11-12,14-15H,2-4,7,10,13,20H2,1H3,(H,21,22). The predicted molar refractivity (Wildman–Crippen MR) is 92.6 cm³/mol. The first-order chi connectivity index (χ1) is 10.7. The Morgan fingerprint density at radius 2 is 1.77 bits per heavy atom. The highest BCUT2D eigenvalue weighted by Gasteiger charge is 2.09. The molecule has 2 aromatic carbocycles. The van der Waals surface area contributed by atoms with Crippen LogP contribution in [0.1, 0.15) is 50.6 Å². The largest absolute Gasteiger partial charge is 0.350 e. The van der Waals surface area contributed by atoms with Crippen molar-refractivity contribution < 1.29 is 4.79 Å². The topological polar surface area (TPSA) is 55.1 Å². The van der Waals surface area contributed by atoms with Gasteiger partial charge >= 0.3 is 0 Å². The first-order valence-corrected chi connectivity index (χ1v) is 8.19. The first-order valence-electron chi connectivity index (χ1n) is 8.19. The van der Waals surface area contributed by atoms with Gasteiger partial charge < -0.3 is 11.1 Å². The molecule has 118 valence electrons. The molecule has 0 spiro atoms. The van der Waals surface area contributed by atoms with Gasteiger partial charge in [-0.15, -0.1) is 0 Å². The summed E-state index contributed by atoms with van der Waals surface area (Å²) in [7, 11) is 0. The third kappa shape index (κ3) is 4.85. The molecule has 1 unspecified atom stereocenters. The van der Waals surface area contributed by atoms with Gasteiger partial charge in [0.25, 0.3) is 0 Å². The van der Waals surface area contributed by atoms with E-state index in [1.165, 1.54) is 10.8 Å². The van der Waals surface area contributed by atoms with Crippen LogP contribution in [0.5, 0.6) is 0 Å². The highest BCUT2D eigenvalue weighted by Crippen LogP contribution is 2.20. The van der Waals surface area contributed by atoms with Gasteiger partial charge in [-0.25, -0.2) is 0 Å². The quantitative estimate of drug-likeness (QED) is 0.726. The summed E-state index contributed by atoms with van der Waals surface area (Å²) in [4.78, 5) is 12.0. The smallest absolute Gasteiger partial charge is 0.220 e. The second-order valence-corrected chi connectivity index (χ2v) is 5.85. The molecule has 1 amide bonds. The number of carbonyl (C=O) groups excluding carboxylic acids is 1.